The van der Waals surface area contributed by atoms with Crippen LogP contribution in [0, 0.1) is 0 Å². The summed E-state index contributed by atoms with van der Waals surface area (Å²) in [7, 11) is 0. The zero-order valence-electron chi connectivity index (χ0n) is 11.3. The van der Waals surface area contributed by atoms with Gasteiger partial charge in [-0.1, -0.05) is 52.0 Å². The average Bonchev–Trinajstić information content (AvgIpc) is 2.16. The molecular formula is C15H24O. The molecule has 0 aliphatic heterocycles. The highest BCUT2D eigenvalue weighted by Gasteiger charge is 2.36. The Morgan fingerprint density at radius 3 is 1.69 bits per heavy atom. The molecular weight excluding hydrogens is 196 g/mol. The molecule has 0 amide bonds. The summed E-state index contributed by atoms with van der Waals surface area (Å²) in [5.74, 6) is 0.555. The van der Waals surface area contributed by atoms with Crippen molar-refractivity contribution in [3.05, 3.63) is 35.4 Å². The molecule has 0 aliphatic rings. The Labute approximate surface area is 99.5 Å². The number of hydrogen-bond donors (Lipinski definition) is 1. The molecule has 0 unspecified atom stereocenters. The zero-order valence-corrected chi connectivity index (χ0v) is 11.3. The summed E-state index contributed by atoms with van der Waals surface area (Å²) < 4.78 is 0. The maximum Gasteiger partial charge on any atom is 0.0682 e. The molecule has 16 heavy (non-hydrogen) atoms. The molecule has 1 aromatic rings. The van der Waals surface area contributed by atoms with E-state index >= 15 is 0 Å². The van der Waals surface area contributed by atoms with Gasteiger partial charge >= 0.3 is 0 Å². The van der Waals surface area contributed by atoms with E-state index in [1.807, 2.05) is 13.8 Å². The van der Waals surface area contributed by atoms with Gasteiger partial charge in [0.25, 0.3) is 0 Å². The topological polar surface area (TPSA) is 20.2 Å². The molecule has 0 bridgehead atoms. The molecule has 0 spiro atoms. The second-order valence-corrected chi connectivity index (χ2v) is 5.96. The molecule has 1 rings (SSSR count). The Hall–Kier alpha value is -0.820. The van der Waals surface area contributed by atoms with Crippen LogP contribution in [0.4, 0.5) is 0 Å². The molecule has 0 saturated heterocycles. The number of aliphatic hydroxyl groups is 1. The van der Waals surface area contributed by atoms with Gasteiger partial charge in [0.05, 0.1) is 5.60 Å². The van der Waals surface area contributed by atoms with Gasteiger partial charge in [0.15, 0.2) is 0 Å². The summed E-state index contributed by atoms with van der Waals surface area (Å²) in [4.78, 5) is 0. The van der Waals surface area contributed by atoms with Crippen molar-refractivity contribution in [2.24, 2.45) is 0 Å². The Morgan fingerprint density at radius 1 is 0.938 bits per heavy atom. The van der Waals surface area contributed by atoms with Crippen molar-refractivity contribution < 1.29 is 5.11 Å². The molecule has 0 atom stereocenters. The SMILES string of the molecule is CC(C)c1ccc(C(C)(C)C(C)(C)O)cc1. The van der Waals surface area contributed by atoms with Crippen molar-refractivity contribution >= 4 is 0 Å². The predicted octanol–water partition coefficient (Wildman–Crippen LogP) is 3.86. The quantitative estimate of drug-likeness (QED) is 0.820. The van der Waals surface area contributed by atoms with Crippen LogP contribution in [0.15, 0.2) is 24.3 Å². The maximum absolute atomic E-state index is 10.2. The lowest BCUT2D eigenvalue weighted by atomic mass is 9.72. The van der Waals surface area contributed by atoms with Crippen molar-refractivity contribution in [1.29, 1.82) is 0 Å². The van der Waals surface area contributed by atoms with Crippen molar-refractivity contribution in [1.82, 2.24) is 0 Å². The van der Waals surface area contributed by atoms with Gasteiger partial charge in [0, 0.05) is 5.41 Å². The summed E-state index contributed by atoms with van der Waals surface area (Å²) >= 11 is 0. The van der Waals surface area contributed by atoms with Crippen LogP contribution in [0.2, 0.25) is 0 Å². The van der Waals surface area contributed by atoms with Gasteiger partial charge in [-0.05, 0) is 30.9 Å². The number of rotatable bonds is 3. The molecule has 1 N–H and O–H groups in total. The number of benzene rings is 1. The van der Waals surface area contributed by atoms with Crippen LogP contribution in [-0.2, 0) is 5.41 Å². The fraction of sp³-hybridized carbons (Fsp3) is 0.600. The third kappa shape index (κ3) is 2.46. The zero-order chi connectivity index (χ0) is 12.6. The molecule has 0 heterocycles. The van der Waals surface area contributed by atoms with Crippen molar-refractivity contribution in [3.63, 3.8) is 0 Å². The van der Waals surface area contributed by atoms with E-state index in [0.29, 0.717) is 5.92 Å². The first-order valence-electron chi connectivity index (χ1n) is 5.99. The van der Waals surface area contributed by atoms with Gasteiger partial charge in [0.1, 0.15) is 0 Å². The smallest absolute Gasteiger partial charge is 0.0682 e. The van der Waals surface area contributed by atoms with Crippen LogP contribution in [0.1, 0.15) is 58.6 Å². The van der Waals surface area contributed by atoms with Gasteiger partial charge in [-0.3, -0.25) is 0 Å². The maximum atomic E-state index is 10.2. The normalized spacial score (nSPS) is 13.2. The predicted molar refractivity (Wildman–Crippen MR) is 69.9 cm³/mol. The second kappa shape index (κ2) is 4.21. The van der Waals surface area contributed by atoms with Crippen molar-refractivity contribution in [2.75, 3.05) is 0 Å². The van der Waals surface area contributed by atoms with Crippen LogP contribution in [0.3, 0.4) is 0 Å². The van der Waals surface area contributed by atoms with Gasteiger partial charge < -0.3 is 5.11 Å². The largest absolute Gasteiger partial charge is 0.390 e. The molecule has 0 fully saturated rings. The monoisotopic (exact) mass is 220 g/mol. The highest BCUT2D eigenvalue weighted by molar-refractivity contribution is 5.31. The Bertz CT molecular complexity index is 339. The van der Waals surface area contributed by atoms with E-state index < -0.39 is 5.60 Å². The Balaban J connectivity index is 3.07. The molecule has 1 nitrogen and oxygen atoms in total. The minimum atomic E-state index is -0.716. The molecule has 1 aromatic carbocycles. The minimum absolute atomic E-state index is 0.234. The summed E-state index contributed by atoms with van der Waals surface area (Å²) in [6, 6.07) is 8.58. The van der Waals surface area contributed by atoms with Gasteiger partial charge in [-0.25, -0.2) is 0 Å². The fourth-order valence-electron chi connectivity index (χ4n) is 1.64. The van der Waals surface area contributed by atoms with Crippen LogP contribution < -0.4 is 0 Å². The van der Waals surface area contributed by atoms with Crippen LogP contribution in [0.5, 0.6) is 0 Å². The van der Waals surface area contributed by atoms with E-state index in [2.05, 4.69) is 52.0 Å². The minimum Gasteiger partial charge on any atom is -0.390 e. The van der Waals surface area contributed by atoms with Crippen LogP contribution in [0.25, 0.3) is 0 Å². The molecule has 0 aliphatic carbocycles. The average molecular weight is 220 g/mol. The standard InChI is InChI=1S/C15H24O/c1-11(2)12-7-9-13(10-8-12)14(3,4)15(5,6)16/h7-11,16H,1-6H3. The van der Waals surface area contributed by atoms with E-state index in [-0.39, 0.29) is 5.41 Å². The van der Waals surface area contributed by atoms with Crippen LogP contribution in [-0.4, -0.2) is 10.7 Å². The lowest BCUT2D eigenvalue weighted by Crippen LogP contribution is -2.42. The van der Waals surface area contributed by atoms with Crippen LogP contribution >= 0.6 is 0 Å². The fourth-order valence-corrected chi connectivity index (χ4v) is 1.64. The summed E-state index contributed by atoms with van der Waals surface area (Å²) in [6.45, 7) is 12.3. The van der Waals surface area contributed by atoms with Gasteiger partial charge in [-0.15, -0.1) is 0 Å². The van der Waals surface area contributed by atoms with E-state index in [9.17, 15) is 5.11 Å². The molecule has 0 aromatic heterocycles. The summed E-state index contributed by atoms with van der Waals surface area (Å²) in [5.41, 5.74) is 1.58. The number of hydrogen-bond acceptors (Lipinski definition) is 1. The van der Waals surface area contributed by atoms with Gasteiger partial charge in [-0.2, -0.15) is 0 Å². The van der Waals surface area contributed by atoms with Gasteiger partial charge in [0.2, 0.25) is 0 Å². The Kier molecular flexibility index (Phi) is 3.49. The Morgan fingerprint density at radius 2 is 1.38 bits per heavy atom. The lowest BCUT2D eigenvalue weighted by Gasteiger charge is -2.38. The highest BCUT2D eigenvalue weighted by Crippen LogP contribution is 2.34. The highest BCUT2D eigenvalue weighted by atomic mass is 16.3. The first kappa shape index (κ1) is 13.2. The molecule has 0 saturated carbocycles. The molecule has 90 valence electrons. The molecule has 1 heteroatoms. The van der Waals surface area contributed by atoms with E-state index in [1.54, 1.807) is 0 Å². The third-order valence-electron chi connectivity index (χ3n) is 3.83. The van der Waals surface area contributed by atoms with Crippen molar-refractivity contribution in [3.8, 4) is 0 Å². The first-order valence-corrected chi connectivity index (χ1v) is 5.99. The summed E-state index contributed by atoms with van der Waals surface area (Å²) in [5, 5.41) is 10.2. The van der Waals surface area contributed by atoms with Crippen molar-refractivity contribution in [2.45, 2.75) is 58.5 Å². The van der Waals surface area contributed by atoms with E-state index in [0.717, 1.165) is 0 Å². The second-order valence-electron chi connectivity index (χ2n) is 5.96. The lowest BCUT2D eigenvalue weighted by molar-refractivity contribution is 0.00963. The van der Waals surface area contributed by atoms with E-state index in [4.69, 9.17) is 0 Å². The molecule has 0 radical (unpaired) electrons. The van der Waals surface area contributed by atoms with E-state index in [1.165, 1.54) is 11.1 Å². The summed E-state index contributed by atoms with van der Waals surface area (Å²) in [6.07, 6.45) is 0. The first-order chi connectivity index (χ1) is 7.16. The third-order valence-corrected chi connectivity index (χ3v) is 3.83.